The van der Waals surface area contributed by atoms with Gasteiger partial charge in [-0.25, -0.2) is 0 Å². The molecule has 0 spiro atoms. The van der Waals surface area contributed by atoms with Crippen molar-refractivity contribution in [2.24, 2.45) is 0 Å². The molecule has 0 unspecified atom stereocenters. The predicted octanol–water partition coefficient (Wildman–Crippen LogP) is 4.35. The third-order valence-electron chi connectivity index (χ3n) is 1.19. The van der Waals surface area contributed by atoms with Crippen molar-refractivity contribution in [3.05, 3.63) is 10.6 Å². The Hall–Kier alpha value is 0.608. The van der Waals surface area contributed by atoms with Crippen molar-refractivity contribution in [2.75, 3.05) is 0 Å². The second kappa shape index (κ2) is 12.7. The zero-order valence-corrected chi connectivity index (χ0v) is 13.8. The van der Waals surface area contributed by atoms with Gasteiger partial charge < -0.3 is 10.6 Å². The van der Waals surface area contributed by atoms with Gasteiger partial charge in [0.2, 0.25) is 0 Å². The Morgan fingerprint density at radius 3 is 0.600 bits per heavy atom. The van der Waals surface area contributed by atoms with E-state index in [-0.39, 0.29) is 21.1 Å². The summed E-state index contributed by atoms with van der Waals surface area (Å²) in [6.45, 7) is 16.8. The smallest absolute Gasteiger partial charge is 0.658 e. The van der Waals surface area contributed by atoms with Gasteiger partial charge in [-0.15, -0.1) is 24.2 Å². The summed E-state index contributed by atoms with van der Waals surface area (Å²) in [7, 11) is 0. The Morgan fingerprint density at radius 1 is 0.467 bits per heavy atom. The summed E-state index contributed by atoms with van der Waals surface area (Å²) in [6, 6.07) is 2.00. The molecule has 0 bridgehead atoms. The first kappa shape index (κ1) is 21.0. The summed E-state index contributed by atoms with van der Waals surface area (Å²) in [5.74, 6) is 0. The molecule has 15 heavy (non-hydrogen) atoms. The Morgan fingerprint density at radius 2 is 0.600 bits per heavy atom. The maximum absolute atomic E-state index is 4.28. The molecule has 0 saturated heterocycles. The quantitative estimate of drug-likeness (QED) is 0.677. The second-order valence-corrected chi connectivity index (χ2v) is 4.67. The van der Waals surface area contributed by atoms with Gasteiger partial charge >= 0.3 is 21.1 Å². The minimum atomic E-state index is 0. The molecular formula is C12H28N2Pt. The molecule has 2 nitrogen and oxygen atoms in total. The number of hydrogen-bond acceptors (Lipinski definition) is 0. The van der Waals surface area contributed by atoms with Crippen LogP contribution >= 0.6 is 0 Å². The standard InChI is InChI=1S/2C6H14N.Pt/c2*1-5(2)7-6(3)4;/h2*5-6H,1-4H3;/q2*-1;+2. The van der Waals surface area contributed by atoms with Gasteiger partial charge in [-0.3, -0.25) is 0 Å². The Kier molecular flexibility index (Phi) is 17.7. The van der Waals surface area contributed by atoms with Crippen LogP contribution in [0.4, 0.5) is 0 Å². The van der Waals surface area contributed by atoms with Crippen LogP contribution in [0, 0.1) is 0 Å². The topological polar surface area (TPSA) is 28.2 Å². The minimum absolute atomic E-state index is 0. The van der Waals surface area contributed by atoms with E-state index in [9.17, 15) is 0 Å². The molecule has 0 rings (SSSR count). The van der Waals surface area contributed by atoms with E-state index < -0.39 is 0 Å². The fourth-order valence-electron chi connectivity index (χ4n) is 1.19. The molecule has 0 N–H and O–H groups in total. The summed E-state index contributed by atoms with van der Waals surface area (Å²) in [5.41, 5.74) is 0. The van der Waals surface area contributed by atoms with E-state index in [4.69, 9.17) is 0 Å². The predicted molar refractivity (Wildman–Crippen MR) is 67.3 cm³/mol. The Balaban J connectivity index is -0.000000180. The molecule has 3 heteroatoms. The van der Waals surface area contributed by atoms with Gasteiger partial charge in [-0.05, 0) is 0 Å². The third kappa shape index (κ3) is 31.3. The van der Waals surface area contributed by atoms with E-state index in [0.29, 0.717) is 24.2 Å². The summed E-state index contributed by atoms with van der Waals surface area (Å²) in [6.07, 6.45) is 0. The summed E-state index contributed by atoms with van der Waals surface area (Å²) in [5, 5.41) is 8.56. The van der Waals surface area contributed by atoms with Crippen LogP contribution < -0.4 is 0 Å². The van der Waals surface area contributed by atoms with Gasteiger partial charge in [0.05, 0.1) is 0 Å². The van der Waals surface area contributed by atoms with E-state index in [1.165, 1.54) is 0 Å². The molecule has 0 aliphatic carbocycles. The van der Waals surface area contributed by atoms with Crippen molar-refractivity contribution in [3.63, 3.8) is 0 Å². The van der Waals surface area contributed by atoms with Crippen molar-refractivity contribution in [3.8, 4) is 0 Å². The minimum Gasteiger partial charge on any atom is -0.658 e. The van der Waals surface area contributed by atoms with Crippen LogP contribution in [0.25, 0.3) is 10.6 Å². The summed E-state index contributed by atoms with van der Waals surface area (Å²) >= 11 is 0. The molecule has 96 valence electrons. The number of hydrogen-bond donors (Lipinski definition) is 0. The monoisotopic (exact) mass is 395 g/mol. The van der Waals surface area contributed by atoms with Gasteiger partial charge in [0.15, 0.2) is 0 Å². The van der Waals surface area contributed by atoms with Crippen molar-refractivity contribution < 1.29 is 21.1 Å². The van der Waals surface area contributed by atoms with Crippen LogP contribution in [0.5, 0.6) is 0 Å². The van der Waals surface area contributed by atoms with Crippen LogP contribution in [0.2, 0.25) is 0 Å². The zero-order chi connectivity index (χ0) is 11.7. The molecule has 0 atom stereocenters. The maximum atomic E-state index is 4.28. The average molecular weight is 395 g/mol. The van der Waals surface area contributed by atoms with Crippen LogP contribution in [0.15, 0.2) is 0 Å². The molecule has 0 amide bonds. The number of nitrogens with zero attached hydrogens (tertiary/aromatic N) is 2. The normalized spacial score (nSPS) is 10.4. The molecule has 0 radical (unpaired) electrons. The summed E-state index contributed by atoms with van der Waals surface area (Å²) < 4.78 is 0. The fourth-order valence-corrected chi connectivity index (χ4v) is 1.19. The largest absolute Gasteiger partial charge is 2.00 e. The molecular weight excluding hydrogens is 367 g/mol. The van der Waals surface area contributed by atoms with E-state index in [1.54, 1.807) is 0 Å². The second-order valence-electron chi connectivity index (χ2n) is 4.67. The SMILES string of the molecule is CC(C)[N-]C(C)C.CC(C)[N-]C(C)C.[Pt+2]. The molecule has 0 heterocycles. The van der Waals surface area contributed by atoms with E-state index in [1.807, 2.05) is 0 Å². The molecule has 0 aromatic carbocycles. The molecule has 0 fully saturated rings. The molecule has 0 saturated carbocycles. The molecule has 0 aromatic rings. The van der Waals surface area contributed by atoms with Crippen LogP contribution in [-0.4, -0.2) is 24.2 Å². The fraction of sp³-hybridized carbons (Fsp3) is 1.00. The van der Waals surface area contributed by atoms with Crippen molar-refractivity contribution >= 4 is 0 Å². The van der Waals surface area contributed by atoms with Crippen LogP contribution in [-0.2, 0) is 21.1 Å². The van der Waals surface area contributed by atoms with Crippen molar-refractivity contribution in [1.29, 1.82) is 0 Å². The maximum Gasteiger partial charge on any atom is 2.00 e. The number of rotatable bonds is 4. The van der Waals surface area contributed by atoms with Gasteiger partial charge in [0.25, 0.3) is 0 Å². The first-order valence-corrected chi connectivity index (χ1v) is 5.65. The summed E-state index contributed by atoms with van der Waals surface area (Å²) in [4.78, 5) is 0. The van der Waals surface area contributed by atoms with Crippen molar-refractivity contribution in [1.82, 2.24) is 0 Å². The molecule has 0 aliphatic rings. The van der Waals surface area contributed by atoms with E-state index in [2.05, 4.69) is 66.0 Å². The average Bonchev–Trinajstić information content (AvgIpc) is 1.79. The van der Waals surface area contributed by atoms with E-state index in [0.717, 1.165) is 0 Å². The molecule has 0 aliphatic heterocycles. The third-order valence-corrected chi connectivity index (χ3v) is 1.19. The first-order valence-electron chi connectivity index (χ1n) is 5.65. The Bertz CT molecular complexity index is 86.2. The zero-order valence-electron chi connectivity index (χ0n) is 11.5. The van der Waals surface area contributed by atoms with Crippen LogP contribution in [0.1, 0.15) is 55.4 Å². The van der Waals surface area contributed by atoms with Gasteiger partial charge in [0.1, 0.15) is 0 Å². The first-order chi connectivity index (χ1) is 6.25. The van der Waals surface area contributed by atoms with Gasteiger partial charge in [-0.1, -0.05) is 55.4 Å². The van der Waals surface area contributed by atoms with Crippen molar-refractivity contribution in [2.45, 2.75) is 79.6 Å². The molecule has 0 aromatic heterocycles. The van der Waals surface area contributed by atoms with E-state index >= 15 is 0 Å². The Labute approximate surface area is 111 Å². The van der Waals surface area contributed by atoms with Gasteiger partial charge in [0, 0.05) is 0 Å². The van der Waals surface area contributed by atoms with Crippen LogP contribution in [0.3, 0.4) is 0 Å². The van der Waals surface area contributed by atoms with Gasteiger partial charge in [-0.2, -0.15) is 0 Å².